The molecule has 3 aromatic rings. The van der Waals surface area contributed by atoms with E-state index in [4.69, 9.17) is 9.94 Å². The molecule has 1 aromatic heterocycles. The standard InChI is InChI=1S/C22H19FN2O3/c23-18-7-10-20(11-8-18)28-21-12-5-16(4-9-19-3-1-2-14-24-19)15-17(21)6-13-22(26)25-27/h1-3,5-8,10-15,27H,4,9H2,(H,25,26)/b13-6+. The number of pyridine rings is 1. The predicted molar refractivity (Wildman–Crippen MR) is 104 cm³/mol. The molecule has 0 fully saturated rings. The Bertz CT molecular complexity index is 957. The lowest BCUT2D eigenvalue weighted by atomic mass is 10.0. The highest BCUT2D eigenvalue weighted by Crippen LogP contribution is 2.28. The normalized spacial score (nSPS) is 10.8. The van der Waals surface area contributed by atoms with Gasteiger partial charge >= 0.3 is 0 Å². The van der Waals surface area contributed by atoms with Crippen LogP contribution in [0.3, 0.4) is 0 Å². The van der Waals surface area contributed by atoms with E-state index in [1.54, 1.807) is 23.8 Å². The molecule has 2 aromatic carbocycles. The third kappa shape index (κ3) is 5.49. The third-order valence-corrected chi connectivity index (χ3v) is 4.04. The quantitative estimate of drug-likeness (QED) is 0.365. The summed E-state index contributed by atoms with van der Waals surface area (Å²) in [5.74, 6) is -0.0114. The van der Waals surface area contributed by atoms with Gasteiger partial charge in [-0.3, -0.25) is 15.0 Å². The van der Waals surface area contributed by atoms with Gasteiger partial charge in [0.05, 0.1) is 0 Å². The molecule has 0 aliphatic heterocycles. The minimum Gasteiger partial charge on any atom is -0.457 e. The van der Waals surface area contributed by atoms with Crippen LogP contribution in [0, 0.1) is 5.82 Å². The van der Waals surface area contributed by atoms with E-state index in [2.05, 4.69) is 4.98 Å². The smallest absolute Gasteiger partial charge is 0.267 e. The number of nitrogens with one attached hydrogen (secondary N) is 1. The number of aryl methyl sites for hydroxylation is 2. The Morgan fingerprint density at radius 2 is 1.93 bits per heavy atom. The molecule has 1 heterocycles. The first-order valence-corrected chi connectivity index (χ1v) is 8.72. The first-order valence-electron chi connectivity index (χ1n) is 8.72. The summed E-state index contributed by atoms with van der Waals surface area (Å²) in [6, 6.07) is 17.1. The summed E-state index contributed by atoms with van der Waals surface area (Å²) in [6.07, 6.45) is 6.06. The first kappa shape index (κ1) is 19.3. The Kier molecular flexibility index (Phi) is 6.49. The molecular formula is C22H19FN2O3. The maximum atomic E-state index is 13.1. The van der Waals surface area contributed by atoms with Gasteiger partial charge in [-0.05, 0) is 73.0 Å². The van der Waals surface area contributed by atoms with Gasteiger partial charge in [-0.1, -0.05) is 12.1 Å². The van der Waals surface area contributed by atoms with Gasteiger partial charge in [0.2, 0.25) is 0 Å². The van der Waals surface area contributed by atoms with E-state index in [-0.39, 0.29) is 5.82 Å². The molecule has 0 atom stereocenters. The summed E-state index contributed by atoms with van der Waals surface area (Å²) in [7, 11) is 0. The highest BCUT2D eigenvalue weighted by atomic mass is 19.1. The van der Waals surface area contributed by atoms with Crippen LogP contribution in [0.5, 0.6) is 11.5 Å². The zero-order valence-corrected chi connectivity index (χ0v) is 15.0. The van der Waals surface area contributed by atoms with Gasteiger partial charge in [-0.2, -0.15) is 0 Å². The molecule has 142 valence electrons. The average molecular weight is 378 g/mol. The maximum Gasteiger partial charge on any atom is 0.267 e. The number of hydroxylamine groups is 1. The second kappa shape index (κ2) is 9.43. The fourth-order valence-electron chi connectivity index (χ4n) is 2.63. The summed E-state index contributed by atoms with van der Waals surface area (Å²) < 4.78 is 18.9. The zero-order chi connectivity index (χ0) is 19.8. The van der Waals surface area contributed by atoms with Crippen LogP contribution in [-0.4, -0.2) is 16.1 Å². The molecule has 2 N–H and O–H groups in total. The number of nitrogens with zero attached hydrogens (tertiary/aromatic N) is 1. The van der Waals surface area contributed by atoms with Crippen LogP contribution in [-0.2, 0) is 17.6 Å². The summed E-state index contributed by atoms with van der Waals surface area (Å²) in [4.78, 5) is 15.7. The molecule has 0 saturated heterocycles. The van der Waals surface area contributed by atoms with Crippen molar-refractivity contribution in [3.63, 3.8) is 0 Å². The third-order valence-electron chi connectivity index (χ3n) is 4.04. The number of carbonyl (C=O) groups is 1. The van der Waals surface area contributed by atoms with Crippen molar-refractivity contribution < 1.29 is 19.1 Å². The monoisotopic (exact) mass is 378 g/mol. The highest BCUT2D eigenvalue weighted by Gasteiger charge is 2.07. The molecule has 0 aliphatic carbocycles. The van der Waals surface area contributed by atoms with Crippen LogP contribution in [0.25, 0.3) is 6.08 Å². The van der Waals surface area contributed by atoms with E-state index in [0.29, 0.717) is 17.1 Å². The van der Waals surface area contributed by atoms with E-state index >= 15 is 0 Å². The van der Waals surface area contributed by atoms with Gasteiger partial charge in [-0.25, -0.2) is 9.87 Å². The molecule has 3 rings (SSSR count). The maximum absolute atomic E-state index is 13.1. The lowest BCUT2D eigenvalue weighted by Gasteiger charge is -2.11. The average Bonchev–Trinajstić information content (AvgIpc) is 2.74. The topological polar surface area (TPSA) is 71.5 Å². The van der Waals surface area contributed by atoms with Gasteiger partial charge < -0.3 is 4.74 Å². The van der Waals surface area contributed by atoms with Crippen molar-refractivity contribution in [1.29, 1.82) is 0 Å². The van der Waals surface area contributed by atoms with Gasteiger partial charge in [0.15, 0.2) is 0 Å². The van der Waals surface area contributed by atoms with E-state index in [9.17, 15) is 9.18 Å². The van der Waals surface area contributed by atoms with Crippen LogP contribution < -0.4 is 10.2 Å². The van der Waals surface area contributed by atoms with Crippen molar-refractivity contribution in [1.82, 2.24) is 10.5 Å². The highest BCUT2D eigenvalue weighted by molar-refractivity contribution is 5.91. The zero-order valence-electron chi connectivity index (χ0n) is 15.0. The van der Waals surface area contributed by atoms with Crippen molar-refractivity contribution in [3.05, 3.63) is 95.6 Å². The van der Waals surface area contributed by atoms with Crippen molar-refractivity contribution >= 4 is 12.0 Å². The van der Waals surface area contributed by atoms with Crippen molar-refractivity contribution in [2.75, 3.05) is 0 Å². The van der Waals surface area contributed by atoms with E-state index < -0.39 is 5.91 Å². The van der Waals surface area contributed by atoms with Gasteiger partial charge in [0, 0.05) is 23.5 Å². The SMILES string of the molecule is O=C(/C=C/c1cc(CCc2ccccn2)ccc1Oc1ccc(F)cc1)NO. The molecule has 0 unspecified atom stereocenters. The number of rotatable bonds is 7. The second-order valence-electron chi connectivity index (χ2n) is 6.06. The van der Waals surface area contributed by atoms with Gasteiger partial charge in [0.25, 0.3) is 5.91 Å². The van der Waals surface area contributed by atoms with Crippen LogP contribution in [0.15, 0.2) is 72.9 Å². The van der Waals surface area contributed by atoms with Crippen molar-refractivity contribution in [2.24, 2.45) is 0 Å². The summed E-state index contributed by atoms with van der Waals surface area (Å²) in [5, 5.41) is 8.68. The Hall–Kier alpha value is -3.51. The lowest BCUT2D eigenvalue weighted by molar-refractivity contribution is -0.124. The van der Waals surface area contributed by atoms with Crippen LogP contribution >= 0.6 is 0 Å². The van der Waals surface area contributed by atoms with E-state index in [0.717, 1.165) is 24.1 Å². The molecule has 6 heteroatoms. The summed E-state index contributed by atoms with van der Waals surface area (Å²) >= 11 is 0. The molecule has 0 saturated carbocycles. The number of carbonyl (C=O) groups excluding carboxylic acids is 1. The first-order chi connectivity index (χ1) is 13.6. The minimum absolute atomic E-state index is 0.350. The molecule has 0 bridgehead atoms. The van der Waals surface area contributed by atoms with Gasteiger partial charge in [0.1, 0.15) is 17.3 Å². The fourth-order valence-corrected chi connectivity index (χ4v) is 2.63. The predicted octanol–water partition coefficient (Wildman–Crippen LogP) is 4.32. The molecule has 28 heavy (non-hydrogen) atoms. The largest absolute Gasteiger partial charge is 0.457 e. The summed E-state index contributed by atoms with van der Waals surface area (Å²) in [6.45, 7) is 0. The van der Waals surface area contributed by atoms with Crippen LogP contribution in [0.4, 0.5) is 4.39 Å². The van der Waals surface area contributed by atoms with Crippen molar-refractivity contribution in [3.8, 4) is 11.5 Å². The number of ether oxygens (including phenoxy) is 1. The Labute approximate surface area is 162 Å². The molecule has 0 radical (unpaired) electrons. The van der Waals surface area contributed by atoms with E-state index in [1.807, 2.05) is 30.3 Å². The Morgan fingerprint density at radius 1 is 1.11 bits per heavy atom. The lowest BCUT2D eigenvalue weighted by Crippen LogP contribution is -2.14. The number of amides is 1. The van der Waals surface area contributed by atoms with Gasteiger partial charge in [-0.15, -0.1) is 0 Å². The minimum atomic E-state index is -0.647. The molecule has 1 amide bonds. The molecular weight excluding hydrogens is 359 g/mol. The van der Waals surface area contributed by atoms with Crippen molar-refractivity contribution in [2.45, 2.75) is 12.8 Å². The number of hydrogen-bond acceptors (Lipinski definition) is 4. The fraction of sp³-hybridized carbons (Fsp3) is 0.0909. The number of benzene rings is 2. The Morgan fingerprint density at radius 3 is 2.64 bits per heavy atom. The van der Waals surface area contributed by atoms with Crippen LogP contribution in [0.2, 0.25) is 0 Å². The second-order valence-corrected chi connectivity index (χ2v) is 6.06. The van der Waals surface area contributed by atoms with E-state index in [1.165, 1.54) is 30.3 Å². The number of aromatic nitrogens is 1. The van der Waals surface area contributed by atoms with Crippen LogP contribution in [0.1, 0.15) is 16.8 Å². The number of hydrogen-bond donors (Lipinski definition) is 2. The number of halogens is 1. The summed E-state index contributed by atoms with van der Waals surface area (Å²) in [5.41, 5.74) is 4.25. The Balaban J connectivity index is 1.82. The molecule has 0 spiro atoms. The molecule has 5 nitrogen and oxygen atoms in total. The molecule has 0 aliphatic rings.